The van der Waals surface area contributed by atoms with Gasteiger partial charge in [0.05, 0.1) is 18.2 Å². The standard InChI is InChI=1S/C13H13F3N4O/c14-13(15,16)10-3-1-8(2-4-10)5-11(21)18-6-9-7-19-20-12(9)17/h1-4,7H,5-6H2,(H,18,21)(H3,17,19,20). The first-order valence-corrected chi connectivity index (χ1v) is 6.07. The molecule has 2 aromatic rings. The number of benzene rings is 1. The first kappa shape index (κ1) is 14.9. The molecule has 0 unspecified atom stereocenters. The average molecular weight is 298 g/mol. The van der Waals surface area contributed by atoms with Gasteiger partial charge < -0.3 is 11.1 Å². The van der Waals surface area contributed by atoms with Crippen molar-refractivity contribution in [2.75, 3.05) is 5.73 Å². The zero-order valence-electron chi connectivity index (χ0n) is 10.9. The number of nitrogens with zero attached hydrogens (tertiary/aromatic N) is 1. The van der Waals surface area contributed by atoms with E-state index in [-0.39, 0.29) is 18.9 Å². The van der Waals surface area contributed by atoms with Crippen molar-refractivity contribution in [2.24, 2.45) is 0 Å². The van der Waals surface area contributed by atoms with Crippen LogP contribution < -0.4 is 11.1 Å². The summed E-state index contributed by atoms with van der Waals surface area (Å²) < 4.78 is 37.2. The zero-order valence-corrected chi connectivity index (χ0v) is 10.9. The summed E-state index contributed by atoms with van der Waals surface area (Å²) in [5.74, 6) is 0.0557. The van der Waals surface area contributed by atoms with Crippen LogP contribution in [0.2, 0.25) is 0 Å². The van der Waals surface area contributed by atoms with Crippen molar-refractivity contribution in [1.29, 1.82) is 0 Å². The van der Waals surface area contributed by atoms with E-state index in [2.05, 4.69) is 15.5 Å². The summed E-state index contributed by atoms with van der Waals surface area (Å²) in [6, 6.07) is 4.48. The fraction of sp³-hybridized carbons (Fsp3) is 0.231. The molecule has 0 bridgehead atoms. The number of hydrogen-bond donors (Lipinski definition) is 3. The molecule has 0 spiro atoms. The molecule has 1 aromatic carbocycles. The van der Waals surface area contributed by atoms with Crippen molar-refractivity contribution in [3.63, 3.8) is 0 Å². The van der Waals surface area contributed by atoms with Crippen LogP contribution in [0.25, 0.3) is 0 Å². The Hall–Kier alpha value is -2.51. The normalized spacial score (nSPS) is 11.4. The molecule has 0 radical (unpaired) electrons. The van der Waals surface area contributed by atoms with E-state index in [1.165, 1.54) is 18.3 Å². The van der Waals surface area contributed by atoms with E-state index < -0.39 is 11.7 Å². The van der Waals surface area contributed by atoms with Crippen molar-refractivity contribution in [1.82, 2.24) is 15.5 Å². The minimum Gasteiger partial charge on any atom is -0.384 e. The van der Waals surface area contributed by atoms with Gasteiger partial charge in [0.2, 0.25) is 5.91 Å². The number of nitrogens with one attached hydrogen (secondary N) is 2. The van der Waals surface area contributed by atoms with E-state index in [9.17, 15) is 18.0 Å². The van der Waals surface area contributed by atoms with Crippen LogP contribution >= 0.6 is 0 Å². The lowest BCUT2D eigenvalue weighted by Crippen LogP contribution is -2.24. The number of carbonyl (C=O) groups is 1. The number of amides is 1. The average Bonchev–Trinajstić information content (AvgIpc) is 2.81. The first-order valence-electron chi connectivity index (χ1n) is 6.07. The van der Waals surface area contributed by atoms with Gasteiger partial charge in [-0.1, -0.05) is 12.1 Å². The summed E-state index contributed by atoms with van der Waals surface area (Å²) in [7, 11) is 0. The molecule has 1 aromatic heterocycles. The number of aromatic amines is 1. The number of nitrogens with two attached hydrogens (primary N) is 1. The van der Waals surface area contributed by atoms with E-state index >= 15 is 0 Å². The summed E-state index contributed by atoms with van der Waals surface area (Å²) in [6.45, 7) is 0.210. The molecule has 0 fully saturated rings. The van der Waals surface area contributed by atoms with Crippen LogP contribution in [0.1, 0.15) is 16.7 Å². The molecule has 2 rings (SSSR count). The number of halogens is 3. The molecule has 1 heterocycles. The zero-order chi connectivity index (χ0) is 15.5. The second-order valence-electron chi connectivity index (χ2n) is 4.46. The molecule has 1 amide bonds. The van der Waals surface area contributed by atoms with Crippen molar-refractivity contribution in [3.8, 4) is 0 Å². The summed E-state index contributed by atoms with van der Waals surface area (Å²) >= 11 is 0. The van der Waals surface area contributed by atoms with Crippen LogP contribution in [0.4, 0.5) is 19.0 Å². The minimum absolute atomic E-state index is 0.00407. The van der Waals surface area contributed by atoms with Gasteiger partial charge in [-0.3, -0.25) is 9.89 Å². The Morgan fingerprint density at radius 2 is 1.95 bits per heavy atom. The highest BCUT2D eigenvalue weighted by Crippen LogP contribution is 2.29. The SMILES string of the molecule is Nc1[nH]ncc1CNC(=O)Cc1ccc(C(F)(F)F)cc1. The molecule has 8 heteroatoms. The third-order valence-corrected chi connectivity index (χ3v) is 2.87. The lowest BCUT2D eigenvalue weighted by molar-refractivity contribution is -0.137. The number of nitrogen functional groups attached to an aromatic ring is 1. The maximum atomic E-state index is 12.4. The second kappa shape index (κ2) is 5.86. The predicted molar refractivity (Wildman–Crippen MR) is 70.0 cm³/mol. The van der Waals surface area contributed by atoms with Gasteiger partial charge in [-0.05, 0) is 17.7 Å². The van der Waals surface area contributed by atoms with E-state index in [0.29, 0.717) is 16.9 Å². The van der Waals surface area contributed by atoms with Crippen LogP contribution in [0.5, 0.6) is 0 Å². The topological polar surface area (TPSA) is 83.8 Å². The van der Waals surface area contributed by atoms with Crippen molar-refractivity contribution in [3.05, 3.63) is 47.2 Å². The smallest absolute Gasteiger partial charge is 0.384 e. The van der Waals surface area contributed by atoms with Gasteiger partial charge in [0, 0.05) is 12.1 Å². The Morgan fingerprint density at radius 1 is 1.29 bits per heavy atom. The Morgan fingerprint density at radius 3 is 2.48 bits per heavy atom. The highest BCUT2D eigenvalue weighted by Gasteiger charge is 2.29. The third-order valence-electron chi connectivity index (χ3n) is 2.87. The molecule has 112 valence electrons. The Labute approximate surface area is 118 Å². The van der Waals surface area contributed by atoms with E-state index in [0.717, 1.165) is 12.1 Å². The van der Waals surface area contributed by atoms with E-state index in [4.69, 9.17) is 5.73 Å². The lowest BCUT2D eigenvalue weighted by atomic mass is 10.1. The molecule has 4 N–H and O–H groups in total. The molecule has 5 nitrogen and oxygen atoms in total. The minimum atomic E-state index is -4.38. The lowest BCUT2D eigenvalue weighted by Gasteiger charge is -2.08. The van der Waals surface area contributed by atoms with Gasteiger partial charge >= 0.3 is 6.18 Å². The van der Waals surface area contributed by atoms with Gasteiger partial charge in [0.15, 0.2) is 0 Å². The molecule has 0 aliphatic carbocycles. The highest BCUT2D eigenvalue weighted by molar-refractivity contribution is 5.78. The fourth-order valence-corrected chi connectivity index (χ4v) is 1.72. The predicted octanol–water partition coefficient (Wildman–Crippen LogP) is 1.87. The largest absolute Gasteiger partial charge is 0.416 e. The molecule has 0 saturated heterocycles. The first-order chi connectivity index (χ1) is 9.86. The van der Waals surface area contributed by atoms with Gasteiger partial charge in [-0.25, -0.2) is 0 Å². The van der Waals surface area contributed by atoms with Gasteiger partial charge in [0.25, 0.3) is 0 Å². The number of carbonyl (C=O) groups excluding carboxylic acids is 1. The summed E-state index contributed by atoms with van der Waals surface area (Å²) in [4.78, 5) is 11.7. The van der Waals surface area contributed by atoms with Crippen LogP contribution in [0.15, 0.2) is 30.5 Å². The second-order valence-corrected chi connectivity index (χ2v) is 4.46. The maximum Gasteiger partial charge on any atom is 0.416 e. The summed E-state index contributed by atoms with van der Waals surface area (Å²) in [5.41, 5.74) is 5.97. The van der Waals surface area contributed by atoms with Crippen LogP contribution in [0, 0.1) is 0 Å². The molecular formula is C13H13F3N4O. The third kappa shape index (κ3) is 3.98. The van der Waals surface area contributed by atoms with Gasteiger partial charge in [-0.15, -0.1) is 0 Å². The number of anilines is 1. The highest BCUT2D eigenvalue weighted by atomic mass is 19.4. The Balaban J connectivity index is 1.89. The van der Waals surface area contributed by atoms with Crippen molar-refractivity contribution >= 4 is 11.7 Å². The molecule has 0 aliphatic heterocycles. The van der Waals surface area contributed by atoms with Gasteiger partial charge in [-0.2, -0.15) is 18.3 Å². The molecule has 21 heavy (non-hydrogen) atoms. The fourth-order valence-electron chi connectivity index (χ4n) is 1.72. The van der Waals surface area contributed by atoms with E-state index in [1.54, 1.807) is 0 Å². The number of alkyl halides is 3. The number of rotatable bonds is 4. The summed E-state index contributed by atoms with van der Waals surface area (Å²) in [5, 5.41) is 8.86. The Kier molecular flexibility index (Phi) is 4.15. The number of H-pyrrole nitrogens is 1. The van der Waals surface area contributed by atoms with Crippen molar-refractivity contribution in [2.45, 2.75) is 19.1 Å². The number of hydrogen-bond acceptors (Lipinski definition) is 3. The molecule has 0 atom stereocenters. The molecular weight excluding hydrogens is 285 g/mol. The van der Waals surface area contributed by atoms with Gasteiger partial charge in [0.1, 0.15) is 5.82 Å². The monoisotopic (exact) mass is 298 g/mol. The molecule has 0 saturated carbocycles. The van der Waals surface area contributed by atoms with E-state index in [1.807, 2.05) is 0 Å². The quantitative estimate of drug-likeness (QED) is 0.805. The van der Waals surface area contributed by atoms with Crippen molar-refractivity contribution < 1.29 is 18.0 Å². The summed E-state index contributed by atoms with van der Waals surface area (Å²) in [6.07, 6.45) is -2.89. The molecule has 0 aliphatic rings. The number of aromatic nitrogens is 2. The van der Waals surface area contributed by atoms with Crippen LogP contribution in [-0.4, -0.2) is 16.1 Å². The Bertz CT molecular complexity index is 619. The van der Waals surface area contributed by atoms with Crippen LogP contribution in [0.3, 0.4) is 0 Å². The van der Waals surface area contributed by atoms with Crippen LogP contribution in [-0.2, 0) is 23.9 Å². The maximum absolute atomic E-state index is 12.4.